The number of phenols is 1. The van der Waals surface area contributed by atoms with Gasteiger partial charge in [0.2, 0.25) is 0 Å². The van der Waals surface area contributed by atoms with E-state index in [4.69, 9.17) is 21.3 Å². The Morgan fingerprint density at radius 1 is 1.17 bits per heavy atom. The number of halogens is 2. The molecular formula is C28H20ClIN2O3S. The monoisotopic (exact) mass is 626 g/mol. The minimum atomic E-state index is -0.324. The lowest BCUT2D eigenvalue weighted by atomic mass is 9.83. The van der Waals surface area contributed by atoms with Crippen LogP contribution in [-0.4, -0.2) is 16.8 Å². The first-order chi connectivity index (χ1) is 17.5. The summed E-state index contributed by atoms with van der Waals surface area (Å²) in [6.07, 6.45) is 3.53. The summed E-state index contributed by atoms with van der Waals surface area (Å²) in [7, 11) is 1.51. The summed E-state index contributed by atoms with van der Waals surface area (Å²) < 4.78 is 8.29. The van der Waals surface area contributed by atoms with Crippen molar-refractivity contribution in [3.63, 3.8) is 0 Å². The molecule has 0 saturated carbocycles. The molecule has 4 aromatic rings. The number of aromatic nitrogens is 1. The SMILES string of the molecule is COc1cc(C=c2sc3n(c2=O)C(c2ccccc2Cl)C2=C(N=3)c3ccccc3CC2)cc(I)c1O. The van der Waals surface area contributed by atoms with Gasteiger partial charge in [-0.3, -0.25) is 9.36 Å². The van der Waals surface area contributed by atoms with E-state index in [0.717, 1.165) is 40.8 Å². The highest BCUT2D eigenvalue weighted by molar-refractivity contribution is 14.1. The number of methoxy groups -OCH3 is 1. The number of aryl methyl sites for hydroxylation is 1. The lowest BCUT2D eigenvalue weighted by molar-refractivity contribution is 0.371. The molecule has 180 valence electrons. The van der Waals surface area contributed by atoms with Crippen LogP contribution in [0.1, 0.15) is 34.7 Å². The second-order valence-electron chi connectivity index (χ2n) is 8.69. The van der Waals surface area contributed by atoms with Crippen LogP contribution in [-0.2, 0) is 6.42 Å². The Hall–Kier alpha value is -2.88. The van der Waals surface area contributed by atoms with Crippen LogP contribution in [0, 0.1) is 3.57 Å². The normalized spacial score (nSPS) is 16.8. The third kappa shape index (κ3) is 3.81. The number of allylic oxidation sites excluding steroid dienone is 1. The van der Waals surface area contributed by atoms with Gasteiger partial charge in [-0.05, 0) is 82.0 Å². The van der Waals surface area contributed by atoms with Crippen molar-refractivity contribution in [2.75, 3.05) is 7.11 Å². The Bertz CT molecular complexity index is 1760. The molecule has 1 unspecified atom stereocenters. The maximum atomic E-state index is 13.9. The largest absolute Gasteiger partial charge is 0.504 e. The summed E-state index contributed by atoms with van der Waals surface area (Å²) in [5.74, 6) is 0.448. The van der Waals surface area contributed by atoms with Gasteiger partial charge < -0.3 is 9.84 Å². The quantitative estimate of drug-likeness (QED) is 0.315. The number of hydrogen-bond donors (Lipinski definition) is 1. The van der Waals surface area contributed by atoms with Crippen LogP contribution in [0.2, 0.25) is 5.02 Å². The van der Waals surface area contributed by atoms with Crippen LogP contribution in [0.4, 0.5) is 0 Å². The predicted octanol–water partition coefficient (Wildman–Crippen LogP) is 5.29. The number of phenolic OH excluding ortho intramolecular Hbond substituents is 1. The van der Waals surface area contributed by atoms with E-state index in [1.165, 1.54) is 24.0 Å². The third-order valence-corrected chi connectivity index (χ3v) is 8.79. The van der Waals surface area contributed by atoms with Gasteiger partial charge in [0, 0.05) is 10.6 Å². The summed E-state index contributed by atoms with van der Waals surface area (Å²) in [4.78, 5) is 19.6. The summed E-state index contributed by atoms with van der Waals surface area (Å²) >= 11 is 10.1. The van der Waals surface area contributed by atoms with Gasteiger partial charge in [0.15, 0.2) is 16.3 Å². The van der Waals surface area contributed by atoms with Crippen molar-refractivity contribution >= 4 is 57.3 Å². The first-order valence-electron chi connectivity index (χ1n) is 11.4. The number of fused-ring (bicyclic) bond motifs is 3. The number of rotatable bonds is 3. The fourth-order valence-electron chi connectivity index (χ4n) is 4.98. The molecule has 1 atom stereocenters. The molecule has 0 amide bonds. The summed E-state index contributed by atoms with van der Waals surface area (Å²) in [5.41, 5.74) is 5.99. The molecule has 0 spiro atoms. The van der Waals surface area contributed by atoms with Crippen molar-refractivity contribution in [1.82, 2.24) is 4.57 Å². The molecular weight excluding hydrogens is 607 g/mol. The number of ether oxygens (including phenoxy) is 1. The summed E-state index contributed by atoms with van der Waals surface area (Å²) in [5, 5.41) is 10.8. The van der Waals surface area contributed by atoms with Crippen molar-refractivity contribution < 1.29 is 9.84 Å². The number of hydrogen-bond acceptors (Lipinski definition) is 5. The molecule has 1 aliphatic carbocycles. The molecule has 0 fully saturated rings. The Balaban J connectivity index is 1.63. The Morgan fingerprint density at radius 2 is 1.94 bits per heavy atom. The molecule has 1 aromatic heterocycles. The maximum Gasteiger partial charge on any atom is 0.271 e. The van der Waals surface area contributed by atoms with Gasteiger partial charge in [-0.1, -0.05) is 65.4 Å². The molecule has 5 nitrogen and oxygen atoms in total. The molecule has 0 saturated heterocycles. The average molecular weight is 627 g/mol. The van der Waals surface area contributed by atoms with Crippen molar-refractivity contribution in [3.05, 3.63) is 117 Å². The van der Waals surface area contributed by atoms with Crippen LogP contribution in [0.15, 0.2) is 76.0 Å². The van der Waals surface area contributed by atoms with Crippen molar-refractivity contribution in [1.29, 1.82) is 0 Å². The van der Waals surface area contributed by atoms with E-state index in [1.807, 2.05) is 42.5 Å². The number of benzene rings is 3. The van der Waals surface area contributed by atoms with E-state index in [-0.39, 0.29) is 17.4 Å². The molecule has 36 heavy (non-hydrogen) atoms. The van der Waals surface area contributed by atoms with Crippen LogP contribution >= 0.6 is 45.5 Å². The van der Waals surface area contributed by atoms with E-state index in [2.05, 4.69) is 40.8 Å². The van der Waals surface area contributed by atoms with Gasteiger partial charge in [0.1, 0.15) is 0 Å². The highest BCUT2D eigenvalue weighted by atomic mass is 127. The smallest absolute Gasteiger partial charge is 0.271 e. The fourth-order valence-corrected chi connectivity index (χ4v) is 6.85. The fraction of sp³-hybridized carbons (Fsp3) is 0.143. The lowest BCUT2D eigenvalue weighted by Gasteiger charge is -2.31. The van der Waals surface area contributed by atoms with Crippen LogP contribution in [0.25, 0.3) is 11.8 Å². The van der Waals surface area contributed by atoms with Gasteiger partial charge in [-0.15, -0.1) is 0 Å². The van der Waals surface area contributed by atoms with Gasteiger partial charge in [-0.25, -0.2) is 4.99 Å². The van der Waals surface area contributed by atoms with Gasteiger partial charge in [-0.2, -0.15) is 0 Å². The number of nitrogens with zero attached hydrogens (tertiary/aromatic N) is 2. The standard InChI is InChI=1S/C28H20ClIN2O3S/c1-35-22-13-15(12-21(30)26(22)33)14-23-27(34)32-25(18-8-4-5-9-20(18)29)19-11-10-16-6-2-3-7-17(16)24(19)31-28(32)36-23/h2-9,12-14,25,33H,10-11H2,1H3. The average Bonchev–Trinajstić information content (AvgIpc) is 3.19. The first kappa shape index (κ1) is 23.5. The minimum absolute atomic E-state index is 0.0850. The lowest BCUT2D eigenvalue weighted by Crippen LogP contribution is -2.38. The molecule has 6 rings (SSSR count). The highest BCUT2D eigenvalue weighted by Crippen LogP contribution is 2.42. The first-order valence-corrected chi connectivity index (χ1v) is 13.7. The second-order valence-corrected chi connectivity index (χ2v) is 11.3. The maximum absolute atomic E-state index is 13.9. The van der Waals surface area contributed by atoms with Gasteiger partial charge >= 0.3 is 0 Å². The molecule has 8 heteroatoms. The van der Waals surface area contributed by atoms with Crippen molar-refractivity contribution in [2.24, 2.45) is 4.99 Å². The van der Waals surface area contributed by atoms with Crippen molar-refractivity contribution in [2.45, 2.75) is 18.9 Å². The van der Waals surface area contributed by atoms with E-state index in [1.54, 1.807) is 10.6 Å². The molecule has 3 aromatic carbocycles. The molecule has 2 aliphatic rings. The summed E-state index contributed by atoms with van der Waals surface area (Å²) in [6.45, 7) is 0. The van der Waals surface area contributed by atoms with E-state index < -0.39 is 0 Å². The Morgan fingerprint density at radius 3 is 2.75 bits per heavy atom. The van der Waals surface area contributed by atoms with Crippen LogP contribution < -0.4 is 19.6 Å². The molecule has 0 radical (unpaired) electrons. The predicted molar refractivity (Wildman–Crippen MR) is 152 cm³/mol. The Kier molecular flexibility index (Phi) is 6.02. The van der Waals surface area contributed by atoms with E-state index >= 15 is 0 Å². The molecule has 1 aliphatic heterocycles. The highest BCUT2D eigenvalue weighted by Gasteiger charge is 2.33. The zero-order valence-electron chi connectivity index (χ0n) is 19.2. The zero-order valence-corrected chi connectivity index (χ0v) is 22.9. The second kappa shape index (κ2) is 9.21. The summed E-state index contributed by atoms with van der Waals surface area (Å²) in [6, 6.07) is 19.3. The van der Waals surface area contributed by atoms with E-state index in [0.29, 0.717) is 23.7 Å². The molecule has 2 heterocycles. The molecule has 1 N–H and O–H groups in total. The van der Waals surface area contributed by atoms with Crippen molar-refractivity contribution in [3.8, 4) is 11.5 Å². The van der Waals surface area contributed by atoms with Gasteiger partial charge in [0.25, 0.3) is 5.56 Å². The van der Waals surface area contributed by atoms with E-state index in [9.17, 15) is 9.90 Å². The Labute approximate surface area is 229 Å². The third-order valence-electron chi connectivity index (χ3n) is 6.64. The van der Waals surface area contributed by atoms with Crippen LogP contribution in [0.5, 0.6) is 11.5 Å². The number of thiazole rings is 1. The topological polar surface area (TPSA) is 63.8 Å². The van der Waals surface area contributed by atoms with Crippen LogP contribution in [0.3, 0.4) is 0 Å². The number of aromatic hydroxyl groups is 1. The molecule has 0 bridgehead atoms. The van der Waals surface area contributed by atoms with Gasteiger partial charge in [0.05, 0.1) is 27.0 Å². The minimum Gasteiger partial charge on any atom is -0.504 e. The zero-order chi connectivity index (χ0) is 25.0.